The number of benzene rings is 1. The molecule has 9 nitrogen and oxygen atoms in total. The molecule has 4 rings (SSSR count). The van der Waals surface area contributed by atoms with E-state index in [9.17, 15) is 9.90 Å². The molecule has 0 radical (unpaired) electrons. The van der Waals surface area contributed by atoms with Gasteiger partial charge in [-0.2, -0.15) is 30.0 Å². The molecule has 158 valence electrons. The Morgan fingerprint density at radius 1 is 1.17 bits per heavy atom. The van der Waals surface area contributed by atoms with E-state index in [1.54, 1.807) is 37.2 Å². The topological polar surface area (TPSA) is 102 Å². The third kappa shape index (κ3) is 3.72. The molecule has 2 aromatic heterocycles. The highest BCUT2D eigenvalue weighted by atomic mass is 16.3. The number of hydrogen-bond acceptors (Lipinski definition) is 6. The Kier molecular flexibility index (Phi) is 5.15. The van der Waals surface area contributed by atoms with Gasteiger partial charge in [-0.25, -0.2) is 0 Å². The van der Waals surface area contributed by atoms with Crippen LogP contribution in [0.15, 0.2) is 36.8 Å². The van der Waals surface area contributed by atoms with Crippen LogP contribution >= 0.6 is 0 Å². The first-order chi connectivity index (χ1) is 14.3. The first-order valence-corrected chi connectivity index (χ1v) is 10.2. The van der Waals surface area contributed by atoms with Crippen LogP contribution in [0.2, 0.25) is 0 Å². The van der Waals surface area contributed by atoms with Crippen molar-refractivity contribution in [2.45, 2.75) is 58.2 Å². The van der Waals surface area contributed by atoms with Gasteiger partial charge in [0.1, 0.15) is 11.3 Å². The second-order valence-corrected chi connectivity index (χ2v) is 8.43. The van der Waals surface area contributed by atoms with Crippen LogP contribution in [0.1, 0.15) is 61.3 Å². The molecule has 0 bridgehead atoms. The molecule has 1 aromatic carbocycles. The summed E-state index contributed by atoms with van der Waals surface area (Å²) in [6.45, 7) is 7.86. The summed E-state index contributed by atoms with van der Waals surface area (Å²) < 4.78 is 0. The van der Waals surface area contributed by atoms with Gasteiger partial charge in [-0.15, -0.1) is 0 Å². The minimum Gasteiger partial charge on any atom is -0.384 e. The molecule has 0 saturated carbocycles. The summed E-state index contributed by atoms with van der Waals surface area (Å²) in [6.07, 6.45) is 6.50. The minimum atomic E-state index is -1.05. The fourth-order valence-corrected chi connectivity index (χ4v) is 3.87. The number of hydrogen-bond donors (Lipinski definition) is 1. The number of carbonyl (C=O) groups excluding carboxylic acids is 1. The Morgan fingerprint density at radius 3 is 2.57 bits per heavy atom. The van der Waals surface area contributed by atoms with Gasteiger partial charge < -0.3 is 10.0 Å². The third-order valence-electron chi connectivity index (χ3n) is 5.68. The van der Waals surface area contributed by atoms with Gasteiger partial charge in [-0.3, -0.25) is 4.79 Å². The smallest absolute Gasteiger partial charge is 0.256 e. The maximum Gasteiger partial charge on any atom is 0.256 e. The third-order valence-corrected chi connectivity index (χ3v) is 5.68. The molecule has 0 unspecified atom stereocenters. The van der Waals surface area contributed by atoms with E-state index in [1.165, 1.54) is 4.80 Å². The van der Waals surface area contributed by atoms with E-state index in [1.807, 2.05) is 30.0 Å². The molecule has 1 aliphatic rings. The van der Waals surface area contributed by atoms with Crippen LogP contribution < -0.4 is 0 Å². The standard InChI is InChI=1S/C21H27N7O2/c1-14-6-5-7-17(28-22-10-11-23-28)19(14)20(29)26-13-16(9-8-15(26)2)27-24-12-18(25-27)21(3,4)30/h5-7,10-12,15-16,30H,8-9,13H2,1-4H3/t15-,16-/m1/s1. The molecule has 1 N–H and O–H groups in total. The molecule has 1 fully saturated rings. The Morgan fingerprint density at radius 2 is 1.90 bits per heavy atom. The number of amides is 1. The van der Waals surface area contributed by atoms with Crippen LogP contribution in [0.5, 0.6) is 0 Å². The molecule has 2 atom stereocenters. The van der Waals surface area contributed by atoms with Gasteiger partial charge >= 0.3 is 0 Å². The largest absolute Gasteiger partial charge is 0.384 e. The summed E-state index contributed by atoms with van der Waals surface area (Å²) in [5.74, 6) is -0.0486. The summed E-state index contributed by atoms with van der Waals surface area (Å²) in [6, 6.07) is 5.74. The van der Waals surface area contributed by atoms with Crippen molar-refractivity contribution in [3.8, 4) is 5.69 Å². The van der Waals surface area contributed by atoms with Crippen molar-refractivity contribution in [2.75, 3.05) is 6.54 Å². The van der Waals surface area contributed by atoms with Crippen molar-refractivity contribution < 1.29 is 9.90 Å². The van der Waals surface area contributed by atoms with E-state index < -0.39 is 5.60 Å². The normalized spacial score (nSPS) is 19.8. The number of rotatable bonds is 4. The molecule has 30 heavy (non-hydrogen) atoms. The molecule has 3 heterocycles. The molecule has 0 spiro atoms. The van der Waals surface area contributed by atoms with E-state index in [-0.39, 0.29) is 18.0 Å². The number of likely N-dealkylation sites (tertiary alicyclic amines) is 1. The molecular formula is C21H27N7O2. The fraction of sp³-hybridized carbons (Fsp3) is 0.476. The summed E-state index contributed by atoms with van der Waals surface area (Å²) in [5, 5.41) is 27.4. The van der Waals surface area contributed by atoms with E-state index >= 15 is 0 Å². The summed E-state index contributed by atoms with van der Waals surface area (Å²) in [5.41, 5.74) is 1.62. The lowest BCUT2D eigenvalue weighted by Gasteiger charge is -2.38. The van der Waals surface area contributed by atoms with Crippen molar-refractivity contribution in [3.63, 3.8) is 0 Å². The molecule has 1 saturated heterocycles. The van der Waals surface area contributed by atoms with Gasteiger partial charge in [-0.1, -0.05) is 12.1 Å². The van der Waals surface area contributed by atoms with Crippen molar-refractivity contribution >= 4 is 5.91 Å². The molecule has 0 aliphatic carbocycles. The Hall–Kier alpha value is -3.07. The minimum absolute atomic E-state index is 0.0449. The summed E-state index contributed by atoms with van der Waals surface area (Å²) in [4.78, 5) is 18.7. The molecule has 1 aliphatic heterocycles. The highest BCUT2D eigenvalue weighted by Gasteiger charge is 2.34. The van der Waals surface area contributed by atoms with Crippen molar-refractivity contribution in [1.82, 2.24) is 34.9 Å². The highest BCUT2D eigenvalue weighted by molar-refractivity contribution is 5.99. The van der Waals surface area contributed by atoms with Crippen molar-refractivity contribution in [2.24, 2.45) is 0 Å². The van der Waals surface area contributed by atoms with Crippen LogP contribution in [0.3, 0.4) is 0 Å². The highest BCUT2D eigenvalue weighted by Crippen LogP contribution is 2.29. The SMILES string of the molecule is Cc1cccc(-n2nccn2)c1C(=O)N1C[C@H](n2ncc(C(C)(C)O)n2)CC[C@H]1C. The van der Waals surface area contributed by atoms with Gasteiger partial charge in [0.15, 0.2) is 0 Å². The first-order valence-electron chi connectivity index (χ1n) is 10.2. The number of aliphatic hydroxyl groups is 1. The van der Waals surface area contributed by atoms with E-state index in [2.05, 4.69) is 27.3 Å². The molecule has 3 aromatic rings. The van der Waals surface area contributed by atoms with E-state index in [0.717, 1.165) is 18.4 Å². The van der Waals surface area contributed by atoms with Crippen molar-refractivity contribution in [3.05, 3.63) is 53.6 Å². The van der Waals surface area contributed by atoms with Crippen LogP contribution in [-0.4, -0.2) is 58.5 Å². The van der Waals surface area contributed by atoms with Crippen LogP contribution in [0.4, 0.5) is 0 Å². The number of carbonyl (C=O) groups is 1. The van der Waals surface area contributed by atoms with Gasteiger partial charge in [-0.05, 0) is 52.2 Å². The predicted molar refractivity (Wildman–Crippen MR) is 110 cm³/mol. The molecule has 1 amide bonds. The van der Waals surface area contributed by atoms with E-state index in [4.69, 9.17) is 0 Å². The maximum absolute atomic E-state index is 13.7. The lowest BCUT2D eigenvalue weighted by atomic mass is 9.97. The van der Waals surface area contributed by atoms with Gasteiger partial charge in [0, 0.05) is 12.6 Å². The van der Waals surface area contributed by atoms with Crippen LogP contribution in [-0.2, 0) is 5.60 Å². The zero-order valence-electron chi connectivity index (χ0n) is 17.7. The van der Waals surface area contributed by atoms with Crippen LogP contribution in [0, 0.1) is 6.92 Å². The lowest BCUT2D eigenvalue weighted by Crippen LogP contribution is -2.47. The Labute approximate surface area is 175 Å². The predicted octanol–water partition coefficient (Wildman–Crippen LogP) is 2.26. The average molecular weight is 409 g/mol. The zero-order chi connectivity index (χ0) is 21.5. The van der Waals surface area contributed by atoms with Crippen molar-refractivity contribution in [1.29, 1.82) is 0 Å². The van der Waals surface area contributed by atoms with Gasteiger partial charge in [0.05, 0.1) is 35.9 Å². The number of aromatic nitrogens is 6. The molecule has 9 heteroatoms. The number of aryl methyl sites for hydroxylation is 1. The number of nitrogens with zero attached hydrogens (tertiary/aromatic N) is 7. The summed E-state index contributed by atoms with van der Waals surface area (Å²) >= 11 is 0. The van der Waals surface area contributed by atoms with Gasteiger partial charge in [0.2, 0.25) is 0 Å². The second kappa shape index (κ2) is 7.64. The molecular weight excluding hydrogens is 382 g/mol. The Balaban J connectivity index is 1.64. The zero-order valence-corrected chi connectivity index (χ0v) is 17.7. The monoisotopic (exact) mass is 409 g/mol. The first kappa shape index (κ1) is 20.2. The summed E-state index contributed by atoms with van der Waals surface area (Å²) in [7, 11) is 0. The lowest BCUT2D eigenvalue weighted by molar-refractivity contribution is 0.0532. The Bertz CT molecular complexity index is 1040. The quantitative estimate of drug-likeness (QED) is 0.709. The van der Waals surface area contributed by atoms with E-state index in [0.29, 0.717) is 23.5 Å². The number of piperidine rings is 1. The van der Waals surface area contributed by atoms with Crippen LogP contribution in [0.25, 0.3) is 5.69 Å². The van der Waals surface area contributed by atoms with Gasteiger partial charge in [0.25, 0.3) is 5.91 Å². The average Bonchev–Trinajstić information content (AvgIpc) is 3.39. The fourth-order valence-electron chi connectivity index (χ4n) is 3.87. The second-order valence-electron chi connectivity index (χ2n) is 8.43. The maximum atomic E-state index is 13.7.